The molecule has 2 nitrogen and oxygen atoms in total. The van der Waals surface area contributed by atoms with Crippen molar-refractivity contribution in [1.29, 1.82) is 0 Å². The fraction of sp³-hybridized carbons (Fsp3) is 0.824. The minimum absolute atomic E-state index is 0.0517. The minimum atomic E-state index is -1.07. The molecule has 0 radical (unpaired) electrons. The Balaban J connectivity index is 1.11. The first kappa shape index (κ1) is 30.6. The summed E-state index contributed by atoms with van der Waals surface area (Å²) in [5.74, 6) is 2.18. The highest BCUT2D eigenvalue weighted by Crippen LogP contribution is 2.47. The number of ether oxygens (including phenoxy) is 2. The highest BCUT2D eigenvalue weighted by molar-refractivity contribution is 5.35. The Bertz CT molecular complexity index is 837. The Morgan fingerprint density at radius 3 is 1.69 bits per heavy atom. The zero-order valence-corrected chi connectivity index (χ0v) is 24.6. The number of rotatable bonds is 13. The van der Waals surface area contributed by atoms with Crippen molar-refractivity contribution in [3.05, 3.63) is 23.8 Å². The summed E-state index contributed by atoms with van der Waals surface area (Å²) in [5, 5.41) is 0. The number of benzene rings is 1. The van der Waals surface area contributed by atoms with Crippen molar-refractivity contribution in [3.63, 3.8) is 0 Å². The van der Waals surface area contributed by atoms with Crippen molar-refractivity contribution < 1.29 is 22.6 Å². The Hall–Kier alpha value is -1.39. The second kappa shape index (κ2) is 15.6. The number of alkyl halides is 1. The summed E-state index contributed by atoms with van der Waals surface area (Å²) >= 11 is 0. The van der Waals surface area contributed by atoms with Gasteiger partial charge in [-0.2, -0.15) is 8.78 Å². The smallest absolute Gasteiger partial charge is 0.204 e. The molecular formula is C34H53F3O2. The molecule has 3 saturated carbocycles. The van der Waals surface area contributed by atoms with Crippen molar-refractivity contribution in [2.75, 3.05) is 13.2 Å². The van der Waals surface area contributed by atoms with Gasteiger partial charge in [0.1, 0.15) is 6.17 Å². The predicted molar refractivity (Wildman–Crippen MR) is 153 cm³/mol. The molecule has 39 heavy (non-hydrogen) atoms. The number of hydrogen-bond donors (Lipinski definition) is 0. The van der Waals surface area contributed by atoms with E-state index in [-0.39, 0.29) is 37.1 Å². The van der Waals surface area contributed by atoms with E-state index in [9.17, 15) is 8.78 Å². The van der Waals surface area contributed by atoms with Crippen LogP contribution in [0.15, 0.2) is 12.1 Å². The third-order valence-electron chi connectivity index (χ3n) is 10.5. The van der Waals surface area contributed by atoms with E-state index in [1.807, 2.05) is 0 Å². The van der Waals surface area contributed by atoms with E-state index >= 15 is 4.39 Å². The van der Waals surface area contributed by atoms with E-state index < -0.39 is 17.8 Å². The van der Waals surface area contributed by atoms with Gasteiger partial charge in [-0.3, -0.25) is 0 Å². The van der Waals surface area contributed by atoms with Crippen molar-refractivity contribution in [2.45, 2.75) is 129 Å². The van der Waals surface area contributed by atoms with E-state index in [1.165, 1.54) is 89.2 Å². The zero-order chi connectivity index (χ0) is 27.6. The molecule has 5 heteroatoms. The lowest BCUT2D eigenvalue weighted by atomic mass is 9.64. The van der Waals surface area contributed by atoms with Crippen molar-refractivity contribution in [1.82, 2.24) is 0 Å². The molecule has 0 amide bonds. The highest BCUT2D eigenvalue weighted by Gasteiger charge is 2.36. The molecule has 1 unspecified atom stereocenters. The monoisotopic (exact) mass is 550 g/mol. The number of halogens is 3. The van der Waals surface area contributed by atoms with Crippen LogP contribution in [0.2, 0.25) is 0 Å². The highest BCUT2D eigenvalue weighted by atomic mass is 19.2. The molecule has 3 fully saturated rings. The van der Waals surface area contributed by atoms with Crippen LogP contribution in [-0.2, 0) is 0 Å². The molecule has 1 aromatic rings. The summed E-state index contributed by atoms with van der Waals surface area (Å²) in [4.78, 5) is 0. The SMILES string of the molecule is CCCCCC1CCC(C2CCC(C3CCC(C(F)CCOc4ccc(OCC)c(F)c4F)CC3)CC2)CC1. The van der Waals surface area contributed by atoms with Gasteiger partial charge in [0.05, 0.1) is 13.2 Å². The van der Waals surface area contributed by atoms with Crippen LogP contribution >= 0.6 is 0 Å². The van der Waals surface area contributed by atoms with Gasteiger partial charge in [0.2, 0.25) is 11.6 Å². The van der Waals surface area contributed by atoms with Crippen LogP contribution in [0.25, 0.3) is 0 Å². The average Bonchev–Trinajstić information content (AvgIpc) is 2.97. The van der Waals surface area contributed by atoms with Gasteiger partial charge in [0, 0.05) is 6.42 Å². The van der Waals surface area contributed by atoms with Crippen LogP contribution < -0.4 is 9.47 Å². The lowest BCUT2D eigenvalue weighted by molar-refractivity contribution is 0.0807. The van der Waals surface area contributed by atoms with Gasteiger partial charge < -0.3 is 9.47 Å². The van der Waals surface area contributed by atoms with Crippen molar-refractivity contribution in [3.8, 4) is 11.5 Å². The summed E-state index contributed by atoms with van der Waals surface area (Å²) in [6.07, 6.45) is 20.6. The van der Waals surface area contributed by atoms with E-state index in [0.29, 0.717) is 0 Å². The largest absolute Gasteiger partial charge is 0.491 e. The van der Waals surface area contributed by atoms with Gasteiger partial charge in [-0.1, -0.05) is 45.4 Å². The van der Waals surface area contributed by atoms with Gasteiger partial charge in [-0.05, 0) is 119 Å². The Morgan fingerprint density at radius 2 is 1.18 bits per heavy atom. The summed E-state index contributed by atoms with van der Waals surface area (Å²) in [5.41, 5.74) is 0. The first-order valence-electron chi connectivity index (χ1n) is 16.4. The minimum Gasteiger partial charge on any atom is -0.491 e. The Labute approximate surface area is 235 Å². The molecule has 0 saturated heterocycles. The van der Waals surface area contributed by atoms with E-state index in [0.717, 1.165) is 55.3 Å². The van der Waals surface area contributed by atoms with Crippen LogP contribution in [0.3, 0.4) is 0 Å². The molecule has 0 heterocycles. The quantitative estimate of drug-likeness (QED) is 0.227. The van der Waals surface area contributed by atoms with Gasteiger partial charge >= 0.3 is 0 Å². The molecule has 3 aliphatic rings. The van der Waals surface area contributed by atoms with Crippen molar-refractivity contribution >= 4 is 0 Å². The van der Waals surface area contributed by atoms with E-state index in [2.05, 4.69) is 6.92 Å². The molecule has 1 atom stereocenters. The summed E-state index contributed by atoms with van der Waals surface area (Å²) < 4.78 is 53.7. The predicted octanol–water partition coefficient (Wildman–Crippen LogP) is 10.5. The Morgan fingerprint density at radius 1 is 0.692 bits per heavy atom. The number of unbranched alkanes of at least 4 members (excludes halogenated alkanes) is 2. The maximum atomic E-state index is 15.0. The molecule has 4 rings (SSSR count). The van der Waals surface area contributed by atoms with Crippen LogP contribution in [0, 0.1) is 47.1 Å². The topological polar surface area (TPSA) is 18.5 Å². The first-order chi connectivity index (χ1) is 19.0. The van der Waals surface area contributed by atoms with Crippen LogP contribution in [0.4, 0.5) is 13.2 Å². The van der Waals surface area contributed by atoms with Crippen molar-refractivity contribution in [2.24, 2.45) is 35.5 Å². The van der Waals surface area contributed by atoms with E-state index in [1.54, 1.807) is 6.92 Å². The van der Waals surface area contributed by atoms with Crippen LogP contribution in [0.1, 0.15) is 123 Å². The fourth-order valence-corrected chi connectivity index (χ4v) is 8.11. The van der Waals surface area contributed by atoms with Gasteiger partial charge in [-0.25, -0.2) is 4.39 Å². The molecule has 0 spiro atoms. The zero-order valence-electron chi connectivity index (χ0n) is 24.6. The third kappa shape index (κ3) is 8.55. The lowest BCUT2D eigenvalue weighted by Crippen LogP contribution is -2.31. The summed E-state index contributed by atoms with van der Waals surface area (Å²) in [6, 6.07) is 2.72. The van der Waals surface area contributed by atoms with Gasteiger partial charge in [0.25, 0.3) is 0 Å². The molecule has 0 aromatic heterocycles. The van der Waals surface area contributed by atoms with Gasteiger partial charge in [0.15, 0.2) is 11.5 Å². The maximum absolute atomic E-state index is 15.0. The fourth-order valence-electron chi connectivity index (χ4n) is 8.11. The standard InChI is InChI=1S/C34H53F3O2/c1-3-5-6-7-24-8-10-25(11-9-24)26-12-14-27(15-13-26)28-16-18-29(19-17-28)30(35)22-23-39-32-21-20-31(38-4-2)33(36)34(32)37/h20-21,24-30H,3-19,22-23H2,1-2H3. The molecule has 0 bridgehead atoms. The first-order valence-corrected chi connectivity index (χ1v) is 16.4. The normalized spacial score (nSPS) is 30.6. The number of hydrogen-bond acceptors (Lipinski definition) is 2. The lowest BCUT2D eigenvalue weighted by Gasteiger charge is -2.41. The van der Waals surface area contributed by atoms with Crippen LogP contribution in [0.5, 0.6) is 11.5 Å². The summed E-state index contributed by atoms with van der Waals surface area (Å²) in [6.45, 7) is 4.32. The second-order valence-electron chi connectivity index (χ2n) is 12.9. The molecule has 3 aliphatic carbocycles. The summed E-state index contributed by atoms with van der Waals surface area (Å²) in [7, 11) is 0. The maximum Gasteiger partial charge on any atom is 0.204 e. The Kier molecular flexibility index (Phi) is 12.2. The second-order valence-corrected chi connectivity index (χ2v) is 12.9. The molecular weight excluding hydrogens is 497 g/mol. The molecule has 0 N–H and O–H groups in total. The third-order valence-corrected chi connectivity index (χ3v) is 10.5. The van der Waals surface area contributed by atoms with E-state index in [4.69, 9.17) is 9.47 Å². The van der Waals surface area contributed by atoms with Crippen LogP contribution in [-0.4, -0.2) is 19.4 Å². The molecule has 222 valence electrons. The average molecular weight is 551 g/mol. The van der Waals surface area contributed by atoms with Gasteiger partial charge in [-0.15, -0.1) is 0 Å². The molecule has 0 aliphatic heterocycles. The molecule has 1 aromatic carbocycles.